The van der Waals surface area contributed by atoms with Crippen molar-refractivity contribution in [1.29, 1.82) is 0 Å². The van der Waals surface area contributed by atoms with Crippen LogP contribution in [-0.2, 0) is 6.42 Å². The van der Waals surface area contributed by atoms with Gasteiger partial charge in [-0.05, 0) is 82.0 Å². The molecule has 0 N–H and O–H groups in total. The lowest BCUT2D eigenvalue weighted by Gasteiger charge is -2.37. The van der Waals surface area contributed by atoms with Crippen LogP contribution in [0.1, 0.15) is 27.7 Å². The lowest BCUT2D eigenvalue weighted by Crippen LogP contribution is -2.42. The maximum atomic E-state index is 13.2. The highest BCUT2D eigenvalue weighted by Crippen LogP contribution is 2.39. The molecule has 1 aliphatic rings. The highest BCUT2D eigenvalue weighted by atomic mass is 79.9. The topological polar surface area (TPSA) is 61.1 Å². The number of nitrogens with zero attached hydrogens (tertiary/aromatic N) is 1. The molecule has 1 aromatic heterocycles. The maximum absolute atomic E-state index is 13.2. The second kappa shape index (κ2) is 9.01. The zero-order valence-electron chi connectivity index (χ0n) is 17.1. The predicted octanol–water partition coefficient (Wildman–Crippen LogP) is 5.02. The van der Waals surface area contributed by atoms with Crippen molar-refractivity contribution in [3.63, 3.8) is 0 Å². The van der Waals surface area contributed by atoms with Crippen molar-refractivity contribution in [2.24, 2.45) is 0 Å². The molecule has 0 saturated heterocycles. The molecule has 0 spiro atoms. The second-order valence-electron chi connectivity index (χ2n) is 7.04. The van der Waals surface area contributed by atoms with Gasteiger partial charge in [-0.25, -0.2) is 4.39 Å². The van der Waals surface area contributed by atoms with Crippen LogP contribution in [0.25, 0.3) is 0 Å². The fourth-order valence-electron chi connectivity index (χ4n) is 3.73. The molecule has 1 amide bonds. The van der Waals surface area contributed by atoms with E-state index in [1.54, 1.807) is 43.4 Å². The summed E-state index contributed by atoms with van der Waals surface area (Å²) in [5.74, 6) is 1.38. The molecule has 162 valence electrons. The molecule has 1 atom stereocenters. The molecule has 31 heavy (non-hydrogen) atoms. The maximum Gasteiger partial charge on any atom is 0.290 e. The monoisotopic (exact) mass is 489 g/mol. The summed E-state index contributed by atoms with van der Waals surface area (Å²) in [5.41, 5.74) is 1.96. The molecule has 3 aromatic rings. The van der Waals surface area contributed by atoms with E-state index < -0.39 is 6.04 Å². The first kappa shape index (κ1) is 21.2. The van der Waals surface area contributed by atoms with E-state index in [4.69, 9.17) is 18.6 Å². The Labute approximate surface area is 187 Å². The molecule has 1 aliphatic heterocycles. The highest BCUT2D eigenvalue weighted by molar-refractivity contribution is 9.10. The van der Waals surface area contributed by atoms with Gasteiger partial charge in [0.1, 0.15) is 18.2 Å². The number of hydrogen-bond donors (Lipinski definition) is 0. The normalized spacial score (nSPS) is 15.4. The number of methoxy groups -OCH3 is 2. The van der Waals surface area contributed by atoms with Gasteiger partial charge in [-0.3, -0.25) is 4.79 Å². The van der Waals surface area contributed by atoms with Crippen LogP contribution in [0.4, 0.5) is 4.39 Å². The molecule has 4 rings (SSSR count). The van der Waals surface area contributed by atoms with Crippen LogP contribution in [0.5, 0.6) is 17.2 Å². The van der Waals surface area contributed by atoms with Crippen LogP contribution < -0.4 is 14.2 Å². The zero-order valence-corrected chi connectivity index (χ0v) is 18.6. The van der Waals surface area contributed by atoms with E-state index in [9.17, 15) is 9.18 Å². The SMILES string of the molecule is COc1cc2c(cc1OC)[C@@H](COc1ccc(F)cc1)N(C(=O)c1ccc(Br)o1)CC2. The molecule has 8 heteroatoms. The van der Waals surface area contributed by atoms with Crippen molar-refractivity contribution in [1.82, 2.24) is 4.90 Å². The van der Waals surface area contributed by atoms with E-state index in [0.717, 1.165) is 11.1 Å². The Morgan fingerprint density at radius 2 is 1.84 bits per heavy atom. The largest absolute Gasteiger partial charge is 0.493 e. The standard InChI is InChI=1S/C23H21BrFNO5/c1-28-20-11-14-9-10-26(23(27)19-7-8-22(24)31-19)18(17(14)12-21(20)29-2)13-30-16-5-3-15(25)4-6-16/h3-8,11-12,18H,9-10,13H2,1-2H3/t18-/m1/s1. The summed E-state index contributed by atoms with van der Waals surface area (Å²) >= 11 is 3.24. The van der Waals surface area contributed by atoms with Crippen molar-refractivity contribution < 1.29 is 27.8 Å². The Kier molecular flexibility index (Phi) is 6.18. The first-order valence-corrected chi connectivity index (χ1v) is 10.5. The van der Waals surface area contributed by atoms with E-state index in [0.29, 0.717) is 34.9 Å². The van der Waals surface area contributed by atoms with Crippen molar-refractivity contribution in [2.45, 2.75) is 12.5 Å². The minimum Gasteiger partial charge on any atom is -0.493 e. The number of furan rings is 1. The molecule has 0 bridgehead atoms. The third-order valence-electron chi connectivity index (χ3n) is 5.27. The number of benzene rings is 2. The number of ether oxygens (including phenoxy) is 3. The number of fused-ring (bicyclic) bond motifs is 1. The summed E-state index contributed by atoms with van der Waals surface area (Å²) < 4.78 is 36.1. The van der Waals surface area contributed by atoms with Gasteiger partial charge in [0.05, 0.1) is 20.3 Å². The molecule has 0 fully saturated rings. The number of rotatable bonds is 6. The van der Waals surface area contributed by atoms with Crippen LogP contribution in [0.15, 0.2) is 57.6 Å². The van der Waals surface area contributed by atoms with Gasteiger partial charge in [-0.1, -0.05) is 0 Å². The van der Waals surface area contributed by atoms with Gasteiger partial charge in [0, 0.05) is 6.54 Å². The highest BCUT2D eigenvalue weighted by Gasteiger charge is 2.34. The third-order valence-corrected chi connectivity index (χ3v) is 5.70. The third kappa shape index (κ3) is 4.39. The van der Waals surface area contributed by atoms with Crippen LogP contribution in [0, 0.1) is 5.82 Å². The van der Waals surface area contributed by atoms with Gasteiger partial charge in [0.15, 0.2) is 21.9 Å². The average molecular weight is 490 g/mol. The van der Waals surface area contributed by atoms with Crippen LogP contribution >= 0.6 is 15.9 Å². The lowest BCUT2D eigenvalue weighted by atomic mass is 9.92. The van der Waals surface area contributed by atoms with E-state index >= 15 is 0 Å². The smallest absolute Gasteiger partial charge is 0.290 e. The number of amides is 1. The number of halogens is 2. The molecule has 2 heterocycles. The van der Waals surface area contributed by atoms with Gasteiger partial charge < -0.3 is 23.5 Å². The Morgan fingerprint density at radius 3 is 2.48 bits per heavy atom. The lowest BCUT2D eigenvalue weighted by molar-refractivity contribution is 0.0556. The molecule has 2 aromatic carbocycles. The summed E-state index contributed by atoms with van der Waals surface area (Å²) in [4.78, 5) is 14.9. The summed E-state index contributed by atoms with van der Waals surface area (Å²) in [6.07, 6.45) is 0.649. The van der Waals surface area contributed by atoms with Crippen LogP contribution in [0.3, 0.4) is 0 Å². The predicted molar refractivity (Wildman–Crippen MR) is 115 cm³/mol. The van der Waals surface area contributed by atoms with Gasteiger partial charge in [0.2, 0.25) is 0 Å². The molecule has 0 unspecified atom stereocenters. The molecule has 6 nitrogen and oxygen atoms in total. The minimum atomic E-state index is -0.398. The fourth-order valence-corrected chi connectivity index (χ4v) is 4.03. The molecular formula is C23H21BrFNO5. The van der Waals surface area contributed by atoms with Gasteiger partial charge in [-0.15, -0.1) is 0 Å². The number of carbonyl (C=O) groups is 1. The Hall–Kier alpha value is -3.00. The summed E-state index contributed by atoms with van der Waals surface area (Å²) in [6.45, 7) is 0.665. The van der Waals surface area contributed by atoms with Gasteiger partial charge >= 0.3 is 0 Å². The van der Waals surface area contributed by atoms with Crippen LogP contribution in [-0.4, -0.2) is 38.2 Å². The molecule has 0 saturated carbocycles. The molecular weight excluding hydrogens is 469 g/mol. The van der Waals surface area contributed by atoms with E-state index in [-0.39, 0.29) is 24.1 Å². The number of hydrogen-bond acceptors (Lipinski definition) is 5. The summed E-state index contributed by atoms with van der Waals surface area (Å²) in [6, 6.07) is 12.5. The van der Waals surface area contributed by atoms with Crippen LogP contribution in [0.2, 0.25) is 0 Å². The van der Waals surface area contributed by atoms with E-state index in [1.165, 1.54) is 12.1 Å². The second-order valence-corrected chi connectivity index (χ2v) is 7.82. The molecule has 0 radical (unpaired) electrons. The quantitative estimate of drug-likeness (QED) is 0.486. The van der Waals surface area contributed by atoms with Crippen molar-refractivity contribution in [3.8, 4) is 17.2 Å². The number of carbonyl (C=O) groups excluding carboxylic acids is 1. The first-order chi connectivity index (χ1) is 15.0. The van der Waals surface area contributed by atoms with E-state index in [2.05, 4.69) is 15.9 Å². The average Bonchev–Trinajstić information content (AvgIpc) is 3.23. The summed E-state index contributed by atoms with van der Waals surface area (Å²) in [5, 5.41) is 0. The Balaban J connectivity index is 1.69. The summed E-state index contributed by atoms with van der Waals surface area (Å²) in [7, 11) is 3.16. The fraction of sp³-hybridized carbons (Fsp3) is 0.261. The van der Waals surface area contributed by atoms with Crippen molar-refractivity contribution in [3.05, 3.63) is 75.9 Å². The van der Waals surface area contributed by atoms with Crippen molar-refractivity contribution >= 4 is 21.8 Å². The molecule has 0 aliphatic carbocycles. The first-order valence-electron chi connectivity index (χ1n) is 9.69. The Bertz CT molecular complexity index is 1080. The van der Waals surface area contributed by atoms with Crippen molar-refractivity contribution in [2.75, 3.05) is 27.4 Å². The Morgan fingerprint density at radius 1 is 1.13 bits per heavy atom. The minimum absolute atomic E-state index is 0.182. The van der Waals surface area contributed by atoms with Gasteiger partial charge in [-0.2, -0.15) is 0 Å². The van der Waals surface area contributed by atoms with Gasteiger partial charge in [0.25, 0.3) is 5.91 Å². The van der Waals surface area contributed by atoms with E-state index in [1.807, 2.05) is 12.1 Å². The zero-order chi connectivity index (χ0) is 22.0.